The van der Waals surface area contributed by atoms with Crippen LogP contribution >= 0.6 is 0 Å². The summed E-state index contributed by atoms with van der Waals surface area (Å²) in [6.07, 6.45) is 7.50. The van der Waals surface area contributed by atoms with Crippen LogP contribution in [0, 0.1) is 0 Å². The Morgan fingerprint density at radius 1 is 1.03 bits per heavy atom. The van der Waals surface area contributed by atoms with Crippen molar-refractivity contribution < 1.29 is 19.5 Å². The average Bonchev–Trinajstić information content (AvgIpc) is 2.80. The number of fused-ring (bicyclic) bond motifs is 1. The second-order valence-corrected chi connectivity index (χ2v) is 8.11. The Hall–Kier alpha value is -2.96. The lowest BCUT2D eigenvalue weighted by Gasteiger charge is -2.28. The van der Waals surface area contributed by atoms with Crippen LogP contribution in [0.3, 0.4) is 0 Å². The highest BCUT2D eigenvalue weighted by Crippen LogP contribution is 2.15. The van der Waals surface area contributed by atoms with Crippen LogP contribution in [0.5, 0.6) is 0 Å². The largest absolute Gasteiger partial charge is 0.481 e. The van der Waals surface area contributed by atoms with E-state index in [-0.39, 0.29) is 24.7 Å². The van der Waals surface area contributed by atoms with E-state index in [9.17, 15) is 14.4 Å². The maximum atomic E-state index is 13.3. The lowest BCUT2D eigenvalue weighted by molar-refractivity contribution is -0.138. The monoisotopic (exact) mass is 441 g/mol. The van der Waals surface area contributed by atoms with Crippen LogP contribution in [-0.4, -0.2) is 51.9 Å². The molecule has 1 atom stereocenters. The molecule has 0 saturated carbocycles. The van der Waals surface area contributed by atoms with Gasteiger partial charge in [-0.15, -0.1) is 0 Å². The SMILES string of the molecule is CCCCCN(CCCCC)C(=O)[C@@H](CCC(=O)O)NC(=O)c1ccc2ncccc2c1. The van der Waals surface area contributed by atoms with Crippen LogP contribution in [-0.2, 0) is 9.59 Å². The van der Waals surface area contributed by atoms with Gasteiger partial charge in [-0.2, -0.15) is 0 Å². The number of carbonyl (C=O) groups is 3. The fourth-order valence-electron chi connectivity index (χ4n) is 3.64. The highest BCUT2D eigenvalue weighted by molar-refractivity contribution is 6.00. The molecule has 0 unspecified atom stereocenters. The number of aliphatic carboxylic acids is 1. The first-order chi connectivity index (χ1) is 15.5. The molecule has 174 valence electrons. The lowest BCUT2D eigenvalue weighted by atomic mass is 10.1. The van der Waals surface area contributed by atoms with Gasteiger partial charge in [-0.3, -0.25) is 19.4 Å². The van der Waals surface area contributed by atoms with E-state index in [1.54, 1.807) is 35.4 Å². The zero-order valence-electron chi connectivity index (χ0n) is 19.2. The number of hydrogen-bond acceptors (Lipinski definition) is 4. The Kier molecular flexibility index (Phi) is 10.6. The van der Waals surface area contributed by atoms with Gasteiger partial charge in [-0.1, -0.05) is 45.6 Å². The number of aromatic nitrogens is 1. The van der Waals surface area contributed by atoms with E-state index in [1.165, 1.54) is 0 Å². The van der Waals surface area contributed by atoms with Gasteiger partial charge in [0.2, 0.25) is 5.91 Å². The Balaban J connectivity index is 2.17. The van der Waals surface area contributed by atoms with Gasteiger partial charge in [0, 0.05) is 36.7 Å². The van der Waals surface area contributed by atoms with E-state index < -0.39 is 12.0 Å². The molecule has 0 bridgehead atoms. The molecule has 1 aromatic heterocycles. The molecule has 7 heteroatoms. The van der Waals surface area contributed by atoms with Crippen molar-refractivity contribution in [1.29, 1.82) is 0 Å². The molecule has 7 nitrogen and oxygen atoms in total. The maximum Gasteiger partial charge on any atom is 0.303 e. The van der Waals surface area contributed by atoms with Crippen LogP contribution in [0.25, 0.3) is 10.9 Å². The minimum absolute atomic E-state index is 0.0626. The number of carbonyl (C=O) groups excluding carboxylic acids is 2. The van der Waals surface area contributed by atoms with Gasteiger partial charge in [0.15, 0.2) is 0 Å². The highest BCUT2D eigenvalue weighted by Gasteiger charge is 2.26. The van der Waals surface area contributed by atoms with E-state index in [2.05, 4.69) is 24.1 Å². The number of nitrogens with one attached hydrogen (secondary N) is 1. The van der Waals surface area contributed by atoms with E-state index in [4.69, 9.17) is 5.11 Å². The number of carboxylic acids is 1. The van der Waals surface area contributed by atoms with Gasteiger partial charge < -0.3 is 15.3 Å². The summed E-state index contributed by atoms with van der Waals surface area (Å²) in [7, 11) is 0. The van der Waals surface area contributed by atoms with Crippen molar-refractivity contribution in [2.45, 2.75) is 71.3 Å². The molecule has 0 aliphatic rings. The van der Waals surface area contributed by atoms with Crippen molar-refractivity contribution >= 4 is 28.7 Å². The van der Waals surface area contributed by atoms with Gasteiger partial charge in [0.25, 0.3) is 5.91 Å². The van der Waals surface area contributed by atoms with Crippen LogP contribution < -0.4 is 5.32 Å². The first-order valence-electron chi connectivity index (χ1n) is 11.6. The fraction of sp³-hybridized carbons (Fsp3) is 0.520. The van der Waals surface area contributed by atoms with Crippen LogP contribution in [0.4, 0.5) is 0 Å². The standard InChI is InChI=1S/C25H35N3O4/c1-3-5-7-16-28(17-8-6-4-2)25(32)22(13-14-23(29)30)27-24(31)20-11-12-21-19(18-20)10-9-15-26-21/h9-12,15,18,22H,3-8,13-14,16-17H2,1-2H3,(H,27,31)(H,29,30)/t22-/m1/s1. The summed E-state index contributed by atoms with van der Waals surface area (Å²) in [6, 6.07) is 7.97. The highest BCUT2D eigenvalue weighted by atomic mass is 16.4. The predicted octanol–water partition coefficient (Wildman–Crippen LogP) is 4.41. The normalized spacial score (nSPS) is 11.8. The van der Waals surface area contributed by atoms with E-state index in [0.29, 0.717) is 18.7 Å². The summed E-state index contributed by atoms with van der Waals surface area (Å²) in [5.74, 6) is -1.58. The Labute approximate surface area is 190 Å². The molecular weight excluding hydrogens is 406 g/mol. The molecule has 0 radical (unpaired) electrons. The number of hydrogen-bond donors (Lipinski definition) is 2. The topological polar surface area (TPSA) is 99.6 Å². The smallest absolute Gasteiger partial charge is 0.303 e. The second-order valence-electron chi connectivity index (χ2n) is 8.11. The molecule has 2 amide bonds. The number of pyridine rings is 1. The van der Waals surface area contributed by atoms with E-state index in [1.807, 2.05) is 6.07 Å². The number of rotatable bonds is 14. The molecule has 0 saturated heterocycles. The summed E-state index contributed by atoms with van der Waals surface area (Å²) in [5, 5.41) is 12.8. The van der Waals surface area contributed by atoms with Crippen LogP contribution in [0.1, 0.15) is 75.6 Å². The van der Waals surface area contributed by atoms with Crippen molar-refractivity contribution in [3.8, 4) is 0 Å². The molecule has 1 heterocycles. The Morgan fingerprint density at radius 3 is 2.34 bits per heavy atom. The third-order valence-corrected chi connectivity index (χ3v) is 5.49. The van der Waals surface area contributed by atoms with Gasteiger partial charge in [-0.25, -0.2) is 0 Å². The number of amides is 2. The summed E-state index contributed by atoms with van der Waals surface area (Å²) in [6.45, 7) is 5.46. The average molecular weight is 442 g/mol. The Morgan fingerprint density at radius 2 is 1.72 bits per heavy atom. The van der Waals surface area contributed by atoms with E-state index in [0.717, 1.165) is 49.4 Å². The van der Waals surface area contributed by atoms with Crippen LogP contribution in [0.15, 0.2) is 36.5 Å². The molecule has 2 N–H and O–H groups in total. The molecule has 0 aliphatic carbocycles. The zero-order chi connectivity index (χ0) is 23.3. The molecule has 0 aliphatic heterocycles. The molecule has 1 aromatic carbocycles. The minimum atomic E-state index is -0.989. The molecule has 2 rings (SSSR count). The molecule has 0 fully saturated rings. The molecule has 2 aromatic rings. The second kappa shape index (κ2) is 13.5. The summed E-state index contributed by atoms with van der Waals surface area (Å²) in [4.78, 5) is 43.5. The predicted molar refractivity (Wildman–Crippen MR) is 125 cm³/mol. The molecular formula is C25H35N3O4. The summed E-state index contributed by atoms with van der Waals surface area (Å²) in [5.41, 5.74) is 1.20. The van der Waals surface area contributed by atoms with Crippen molar-refractivity contribution in [1.82, 2.24) is 15.2 Å². The maximum absolute atomic E-state index is 13.3. The number of nitrogens with zero attached hydrogens (tertiary/aromatic N) is 2. The van der Waals surface area contributed by atoms with Gasteiger partial charge in [-0.05, 0) is 43.5 Å². The summed E-state index contributed by atoms with van der Waals surface area (Å²) < 4.78 is 0. The van der Waals surface area contributed by atoms with Gasteiger partial charge in [0.05, 0.1) is 5.52 Å². The van der Waals surface area contributed by atoms with Crippen molar-refractivity contribution in [2.75, 3.05) is 13.1 Å². The third-order valence-electron chi connectivity index (χ3n) is 5.49. The number of unbranched alkanes of at least 4 members (excludes halogenated alkanes) is 4. The Bertz CT molecular complexity index is 890. The lowest BCUT2D eigenvalue weighted by Crippen LogP contribution is -2.49. The van der Waals surface area contributed by atoms with Crippen molar-refractivity contribution in [2.24, 2.45) is 0 Å². The quantitative estimate of drug-likeness (QED) is 0.423. The minimum Gasteiger partial charge on any atom is -0.481 e. The molecule has 0 spiro atoms. The van der Waals surface area contributed by atoms with Crippen molar-refractivity contribution in [3.63, 3.8) is 0 Å². The van der Waals surface area contributed by atoms with Gasteiger partial charge >= 0.3 is 5.97 Å². The van der Waals surface area contributed by atoms with E-state index >= 15 is 0 Å². The van der Waals surface area contributed by atoms with Crippen LogP contribution in [0.2, 0.25) is 0 Å². The third kappa shape index (κ3) is 7.94. The first kappa shape index (κ1) is 25.3. The summed E-state index contributed by atoms with van der Waals surface area (Å²) >= 11 is 0. The fourth-order valence-corrected chi connectivity index (χ4v) is 3.64. The number of benzene rings is 1. The first-order valence-corrected chi connectivity index (χ1v) is 11.6. The van der Waals surface area contributed by atoms with Crippen molar-refractivity contribution in [3.05, 3.63) is 42.1 Å². The van der Waals surface area contributed by atoms with Gasteiger partial charge in [0.1, 0.15) is 6.04 Å². The number of carboxylic acid groups (broad SMARTS) is 1. The molecule has 32 heavy (non-hydrogen) atoms. The zero-order valence-corrected chi connectivity index (χ0v) is 19.2.